The van der Waals surface area contributed by atoms with Crippen molar-refractivity contribution >= 4 is 51.7 Å². The summed E-state index contributed by atoms with van der Waals surface area (Å²) in [4.78, 5) is 17.2. The molecule has 2 aliphatic rings. The second kappa shape index (κ2) is 6.89. The highest BCUT2D eigenvalue weighted by Crippen LogP contribution is 2.35. The van der Waals surface area contributed by atoms with Crippen molar-refractivity contribution in [3.63, 3.8) is 0 Å². The molecule has 0 bridgehead atoms. The lowest BCUT2D eigenvalue weighted by molar-refractivity contribution is -0.113. The Morgan fingerprint density at radius 2 is 2.05 bits per heavy atom. The fraction of sp³-hybridized carbons (Fsp3) is 0.250. The Hall–Kier alpha value is -1.24. The first kappa shape index (κ1) is 15.6. The van der Waals surface area contributed by atoms with Gasteiger partial charge in [-0.05, 0) is 31.2 Å². The zero-order chi connectivity index (χ0) is 15.5. The highest BCUT2D eigenvalue weighted by molar-refractivity contribution is 8.27. The van der Waals surface area contributed by atoms with Crippen LogP contribution < -0.4 is 4.90 Å². The van der Waals surface area contributed by atoms with Crippen molar-refractivity contribution in [1.29, 1.82) is 0 Å². The van der Waals surface area contributed by atoms with E-state index in [0.29, 0.717) is 9.23 Å². The maximum Gasteiger partial charge on any atom is 0.270 e. The van der Waals surface area contributed by atoms with Crippen LogP contribution >= 0.6 is 35.7 Å². The number of para-hydroxylation sites is 1. The molecule has 0 saturated carbocycles. The zero-order valence-corrected chi connectivity index (χ0v) is 14.6. The van der Waals surface area contributed by atoms with Gasteiger partial charge in [0.15, 0.2) is 4.32 Å². The van der Waals surface area contributed by atoms with E-state index < -0.39 is 0 Å². The van der Waals surface area contributed by atoms with Gasteiger partial charge in [-0.1, -0.05) is 42.2 Å². The Morgan fingerprint density at radius 3 is 2.77 bits per heavy atom. The van der Waals surface area contributed by atoms with E-state index in [9.17, 15) is 4.79 Å². The SMILES string of the molecule is CCN1CCS/C1=C/C=C1/SC(=S)N(c2ccccc2)C1=O. The van der Waals surface area contributed by atoms with Crippen molar-refractivity contribution in [3.8, 4) is 0 Å². The van der Waals surface area contributed by atoms with Crippen LogP contribution in [-0.2, 0) is 4.79 Å². The number of rotatable bonds is 3. The summed E-state index contributed by atoms with van der Waals surface area (Å²) >= 11 is 8.56. The van der Waals surface area contributed by atoms with Crippen molar-refractivity contribution in [2.75, 3.05) is 23.7 Å². The minimum Gasteiger partial charge on any atom is -0.366 e. The molecule has 3 nitrogen and oxygen atoms in total. The van der Waals surface area contributed by atoms with E-state index in [-0.39, 0.29) is 5.91 Å². The van der Waals surface area contributed by atoms with Gasteiger partial charge in [-0.3, -0.25) is 9.69 Å². The molecule has 2 saturated heterocycles. The first-order valence-corrected chi connectivity index (χ1v) is 9.32. The van der Waals surface area contributed by atoms with Gasteiger partial charge in [0.2, 0.25) is 0 Å². The van der Waals surface area contributed by atoms with Crippen LogP contribution in [0.25, 0.3) is 0 Å². The first-order valence-electron chi connectivity index (χ1n) is 7.11. The number of carbonyl (C=O) groups is 1. The van der Waals surface area contributed by atoms with Gasteiger partial charge in [0, 0.05) is 18.8 Å². The standard InChI is InChI=1S/C16H16N2OS3/c1-2-17-10-11-21-14(17)9-8-13-15(19)18(16(20)22-13)12-6-4-3-5-7-12/h3-9H,2,10-11H2,1H3/b13-8+,14-9+. The van der Waals surface area contributed by atoms with E-state index in [1.54, 1.807) is 4.90 Å². The molecule has 0 aromatic heterocycles. The van der Waals surface area contributed by atoms with Crippen LogP contribution in [-0.4, -0.2) is 34.0 Å². The van der Waals surface area contributed by atoms with E-state index in [4.69, 9.17) is 12.2 Å². The number of allylic oxidation sites excluding steroid dienone is 2. The molecule has 2 fully saturated rings. The topological polar surface area (TPSA) is 23.6 Å². The number of thioether (sulfide) groups is 2. The molecule has 0 N–H and O–H groups in total. The monoisotopic (exact) mass is 348 g/mol. The van der Waals surface area contributed by atoms with Crippen molar-refractivity contribution in [2.24, 2.45) is 0 Å². The van der Waals surface area contributed by atoms with Crippen LogP contribution in [0.4, 0.5) is 5.69 Å². The molecule has 2 aliphatic heterocycles. The van der Waals surface area contributed by atoms with Crippen molar-refractivity contribution in [2.45, 2.75) is 6.92 Å². The van der Waals surface area contributed by atoms with E-state index in [1.807, 2.05) is 54.2 Å². The minimum atomic E-state index is -0.0379. The molecule has 22 heavy (non-hydrogen) atoms. The maximum atomic E-state index is 12.6. The zero-order valence-electron chi connectivity index (χ0n) is 12.2. The van der Waals surface area contributed by atoms with Crippen LogP contribution in [0.2, 0.25) is 0 Å². The average Bonchev–Trinajstić information content (AvgIpc) is 3.10. The van der Waals surface area contributed by atoms with Crippen LogP contribution in [0.1, 0.15) is 6.92 Å². The lowest BCUT2D eigenvalue weighted by Crippen LogP contribution is -2.27. The van der Waals surface area contributed by atoms with Crippen LogP contribution in [0.3, 0.4) is 0 Å². The molecule has 6 heteroatoms. The minimum absolute atomic E-state index is 0.0379. The third kappa shape index (κ3) is 3.09. The number of carbonyl (C=O) groups excluding carboxylic acids is 1. The second-order valence-electron chi connectivity index (χ2n) is 4.81. The number of thiocarbonyl (C=S) groups is 1. The Labute approximate surface area is 144 Å². The van der Waals surface area contributed by atoms with Gasteiger partial charge in [-0.15, -0.1) is 11.8 Å². The summed E-state index contributed by atoms with van der Waals surface area (Å²) in [6, 6.07) is 9.55. The van der Waals surface area contributed by atoms with Crippen molar-refractivity contribution in [3.05, 3.63) is 52.4 Å². The largest absolute Gasteiger partial charge is 0.366 e. The van der Waals surface area contributed by atoms with Gasteiger partial charge in [0.05, 0.1) is 15.6 Å². The summed E-state index contributed by atoms with van der Waals surface area (Å²) in [6.07, 6.45) is 3.94. The molecular formula is C16H16N2OS3. The van der Waals surface area contributed by atoms with Gasteiger partial charge in [0.1, 0.15) is 0 Å². The van der Waals surface area contributed by atoms with Crippen LogP contribution in [0.15, 0.2) is 52.4 Å². The van der Waals surface area contributed by atoms with E-state index >= 15 is 0 Å². The second-order valence-corrected chi connectivity index (χ2v) is 7.60. The normalized spacial score (nSPS) is 22.4. The summed E-state index contributed by atoms with van der Waals surface area (Å²) < 4.78 is 0.590. The number of benzene rings is 1. The van der Waals surface area contributed by atoms with Crippen LogP contribution in [0, 0.1) is 0 Å². The third-order valence-corrected chi connectivity index (χ3v) is 5.89. The molecule has 1 amide bonds. The molecule has 0 atom stereocenters. The van der Waals surface area contributed by atoms with Gasteiger partial charge in [0.25, 0.3) is 5.91 Å². The summed E-state index contributed by atoms with van der Waals surface area (Å²) in [5, 5.41) is 1.23. The maximum absolute atomic E-state index is 12.6. The smallest absolute Gasteiger partial charge is 0.270 e. The Kier molecular flexibility index (Phi) is 4.90. The van der Waals surface area contributed by atoms with Gasteiger partial charge >= 0.3 is 0 Å². The lowest BCUT2D eigenvalue weighted by atomic mass is 10.3. The fourth-order valence-electron chi connectivity index (χ4n) is 2.36. The van der Waals surface area contributed by atoms with Gasteiger partial charge in [-0.2, -0.15) is 0 Å². The Morgan fingerprint density at radius 1 is 1.27 bits per heavy atom. The van der Waals surface area contributed by atoms with E-state index in [0.717, 1.165) is 24.5 Å². The van der Waals surface area contributed by atoms with Gasteiger partial charge < -0.3 is 4.90 Å². The fourth-order valence-corrected chi connectivity index (χ4v) is 4.69. The highest BCUT2D eigenvalue weighted by atomic mass is 32.2. The number of anilines is 1. The lowest BCUT2D eigenvalue weighted by Gasteiger charge is -2.15. The number of nitrogens with zero attached hydrogens (tertiary/aromatic N) is 2. The molecule has 1 aromatic rings. The Bertz CT molecular complexity index is 655. The van der Waals surface area contributed by atoms with Crippen molar-refractivity contribution in [1.82, 2.24) is 4.90 Å². The molecule has 1 aromatic carbocycles. The van der Waals surface area contributed by atoms with Crippen LogP contribution in [0.5, 0.6) is 0 Å². The third-order valence-electron chi connectivity index (χ3n) is 3.49. The molecule has 114 valence electrons. The molecule has 0 radical (unpaired) electrons. The average molecular weight is 349 g/mol. The first-order chi connectivity index (χ1) is 10.7. The number of hydrogen-bond acceptors (Lipinski definition) is 5. The summed E-state index contributed by atoms with van der Waals surface area (Å²) in [7, 11) is 0. The van der Waals surface area contributed by atoms with Crippen molar-refractivity contribution < 1.29 is 4.79 Å². The summed E-state index contributed by atoms with van der Waals surface area (Å²) in [5.74, 6) is 1.07. The quantitative estimate of drug-likeness (QED) is 0.610. The summed E-state index contributed by atoms with van der Waals surface area (Å²) in [5.41, 5.74) is 0.825. The highest BCUT2D eigenvalue weighted by Gasteiger charge is 2.32. The number of amides is 1. The Balaban J connectivity index is 1.82. The van der Waals surface area contributed by atoms with E-state index in [2.05, 4.69) is 11.8 Å². The molecule has 0 spiro atoms. The molecule has 0 unspecified atom stereocenters. The number of hydrogen-bond donors (Lipinski definition) is 0. The summed E-state index contributed by atoms with van der Waals surface area (Å²) in [6.45, 7) is 4.22. The molecular weight excluding hydrogens is 332 g/mol. The van der Waals surface area contributed by atoms with E-state index in [1.165, 1.54) is 16.8 Å². The predicted octanol–water partition coefficient (Wildman–Crippen LogP) is 3.85. The predicted molar refractivity (Wildman–Crippen MR) is 100.0 cm³/mol. The molecule has 0 aliphatic carbocycles. The molecule has 3 rings (SSSR count). The molecule has 2 heterocycles. The van der Waals surface area contributed by atoms with Gasteiger partial charge in [-0.25, -0.2) is 0 Å².